The molecule has 0 unspecified atom stereocenters. The topological polar surface area (TPSA) is 24.9 Å². The van der Waals surface area contributed by atoms with Gasteiger partial charge in [-0.3, -0.25) is 4.90 Å². The number of halogens is 2. The number of hydrogen-bond acceptors (Lipinski definition) is 4. The lowest BCUT2D eigenvalue weighted by molar-refractivity contribution is 0.261. The molecule has 26 heavy (non-hydrogen) atoms. The second kappa shape index (κ2) is 8.85. The summed E-state index contributed by atoms with van der Waals surface area (Å²) in [4.78, 5) is 4.78. The molecule has 0 bridgehead atoms. The molecule has 3 rings (SSSR count). The van der Waals surface area contributed by atoms with Crippen LogP contribution >= 0.6 is 23.2 Å². The van der Waals surface area contributed by atoms with Crippen LogP contribution < -0.4 is 14.4 Å². The minimum atomic E-state index is 0.722. The molecule has 2 aromatic carbocycles. The smallest absolute Gasteiger partial charge is 0.160 e. The second-order valence-electron chi connectivity index (χ2n) is 6.36. The molecule has 0 aliphatic carbocycles. The van der Waals surface area contributed by atoms with E-state index in [2.05, 4.69) is 21.9 Å². The number of nitrogens with zero attached hydrogens (tertiary/aromatic N) is 2. The van der Waals surface area contributed by atoms with Crippen LogP contribution in [0.2, 0.25) is 10.0 Å². The van der Waals surface area contributed by atoms with E-state index < -0.39 is 0 Å². The highest BCUT2D eigenvalue weighted by atomic mass is 35.5. The molecular weight excluding hydrogens is 371 g/mol. The molecule has 0 aromatic heterocycles. The molecule has 4 nitrogen and oxygen atoms in total. The van der Waals surface area contributed by atoms with Crippen molar-refractivity contribution in [1.29, 1.82) is 0 Å². The zero-order valence-electron chi connectivity index (χ0n) is 15.2. The lowest BCUT2D eigenvalue weighted by Crippen LogP contribution is -2.47. The fourth-order valence-corrected chi connectivity index (χ4v) is 3.67. The first-order chi connectivity index (χ1) is 12.6. The molecule has 1 fully saturated rings. The molecular formula is C20H24Cl2N2O2. The van der Waals surface area contributed by atoms with Crippen LogP contribution in [0, 0.1) is 0 Å². The standard InChI is InChI=1S/C20H24Cl2N2O2/c1-25-19-6-3-15(13-20(19)26-2)7-8-23-9-11-24(12-10-23)18-14-16(21)4-5-17(18)22/h3-6,13-14H,7-12H2,1-2H3. The highest BCUT2D eigenvalue weighted by Crippen LogP contribution is 2.30. The summed E-state index contributed by atoms with van der Waals surface area (Å²) in [6.07, 6.45) is 0.984. The summed E-state index contributed by atoms with van der Waals surface area (Å²) in [5, 5.41) is 1.48. The third-order valence-electron chi connectivity index (χ3n) is 4.79. The molecule has 1 saturated heterocycles. The predicted molar refractivity (Wildman–Crippen MR) is 108 cm³/mol. The lowest BCUT2D eigenvalue weighted by Gasteiger charge is -2.36. The largest absolute Gasteiger partial charge is 0.493 e. The van der Waals surface area contributed by atoms with Crippen LogP contribution in [0.3, 0.4) is 0 Å². The molecule has 0 radical (unpaired) electrons. The molecule has 0 N–H and O–H groups in total. The minimum absolute atomic E-state index is 0.722. The second-order valence-corrected chi connectivity index (χ2v) is 7.21. The van der Waals surface area contributed by atoms with E-state index in [9.17, 15) is 0 Å². The lowest BCUT2D eigenvalue weighted by atomic mass is 10.1. The molecule has 0 amide bonds. The zero-order chi connectivity index (χ0) is 18.5. The van der Waals surface area contributed by atoms with Crippen LogP contribution in [0.15, 0.2) is 36.4 Å². The van der Waals surface area contributed by atoms with Gasteiger partial charge < -0.3 is 14.4 Å². The predicted octanol–water partition coefficient (Wildman–Crippen LogP) is 4.38. The Hall–Kier alpha value is -1.62. The van der Waals surface area contributed by atoms with Crippen molar-refractivity contribution in [2.45, 2.75) is 6.42 Å². The van der Waals surface area contributed by atoms with Gasteiger partial charge in [0.25, 0.3) is 0 Å². The molecule has 1 heterocycles. The van der Waals surface area contributed by atoms with E-state index in [4.69, 9.17) is 32.7 Å². The van der Waals surface area contributed by atoms with Crippen molar-refractivity contribution in [1.82, 2.24) is 4.90 Å². The molecule has 6 heteroatoms. The zero-order valence-corrected chi connectivity index (χ0v) is 16.7. The Morgan fingerprint density at radius 2 is 1.62 bits per heavy atom. The van der Waals surface area contributed by atoms with Gasteiger partial charge in [0.2, 0.25) is 0 Å². The van der Waals surface area contributed by atoms with Crippen molar-refractivity contribution in [2.75, 3.05) is 51.8 Å². The van der Waals surface area contributed by atoms with Gasteiger partial charge in [-0.2, -0.15) is 0 Å². The van der Waals surface area contributed by atoms with Crippen LogP contribution in [-0.2, 0) is 6.42 Å². The van der Waals surface area contributed by atoms with Crippen LogP contribution in [-0.4, -0.2) is 51.8 Å². The van der Waals surface area contributed by atoms with E-state index in [1.807, 2.05) is 24.3 Å². The summed E-state index contributed by atoms with van der Waals surface area (Å²) in [6.45, 7) is 4.94. The van der Waals surface area contributed by atoms with Gasteiger partial charge in [0.05, 0.1) is 24.9 Å². The minimum Gasteiger partial charge on any atom is -0.493 e. The monoisotopic (exact) mass is 394 g/mol. The van der Waals surface area contributed by atoms with Crippen LogP contribution in [0.4, 0.5) is 5.69 Å². The summed E-state index contributed by atoms with van der Waals surface area (Å²) in [7, 11) is 3.32. The van der Waals surface area contributed by atoms with Crippen molar-refractivity contribution in [3.8, 4) is 11.5 Å². The van der Waals surface area contributed by atoms with Gasteiger partial charge in [0.1, 0.15) is 0 Å². The summed E-state index contributed by atoms with van der Waals surface area (Å²) < 4.78 is 10.7. The summed E-state index contributed by atoms with van der Waals surface area (Å²) >= 11 is 12.4. The van der Waals surface area contributed by atoms with E-state index in [1.165, 1.54) is 5.56 Å². The van der Waals surface area contributed by atoms with Crippen molar-refractivity contribution in [3.05, 3.63) is 52.0 Å². The van der Waals surface area contributed by atoms with Gasteiger partial charge in [0.15, 0.2) is 11.5 Å². The summed E-state index contributed by atoms with van der Waals surface area (Å²) in [5.74, 6) is 1.55. The fraction of sp³-hybridized carbons (Fsp3) is 0.400. The normalized spacial score (nSPS) is 15.2. The number of hydrogen-bond donors (Lipinski definition) is 0. The first-order valence-electron chi connectivity index (χ1n) is 8.74. The first-order valence-corrected chi connectivity index (χ1v) is 9.49. The van der Waals surface area contributed by atoms with Gasteiger partial charge in [0, 0.05) is 37.7 Å². The molecule has 2 aromatic rings. The fourth-order valence-electron chi connectivity index (χ4n) is 3.26. The van der Waals surface area contributed by atoms with Crippen LogP contribution in [0.1, 0.15) is 5.56 Å². The average Bonchev–Trinajstić information content (AvgIpc) is 2.68. The van der Waals surface area contributed by atoms with Crippen molar-refractivity contribution in [2.24, 2.45) is 0 Å². The summed E-state index contributed by atoms with van der Waals surface area (Å²) in [5.41, 5.74) is 2.28. The Bertz CT molecular complexity index is 747. The van der Waals surface area contributed by atoms with Crippen molar-refractivity contribution >= 4 is 28.9 Å². The van der Waals surface area contributed by atoms with Gasteiger partial charge in [-0.25, -0.2) is 0 Å². The Labute approximate surface area is 165 Å². The Morgan fingerprint density at radius 1 is 0.885 bits per heavy atom. The number of piperazine rings is 1. The maximum absolute atomic E-state index is 6.32. The molecule has 1 aliphatic heterocycles. The number of rotatable bonds is 6. The van der Waals surface area contributed by atoms with Gasteiger partial charge in [-0.05, 0) is 42.3 Å². The molecule has 140 valence electrons. The Balaban J connectivity index is 1.54. The van der Waals surface area contributed by atoms with Gasteiger partial charge in [-0.15, -0.1) is 0 Å². The Morgan fingerprint density at radius 3 is 2.31 bits per heavy atom. The van der Waals surface area contributed by atoms with Gasteiger partial charge in [-0.1, -0.05) is 29.3 Å². The SMILES string of the molecule is COc1ccc(CCN2CCN(c3cc(Cl)ccc3Cl)CC2)cc1OC. The summed E-state index contributed by atoms with van der Waals surface area (Å²) in [6, 6.07) is 11.8. The van der Waals surface area contributed by atoms with E-state index in [0.717, 1.165) is 66.4 Å². The molecule has 0 spiro atoms. The highest BCUT2D eigenvalue weighted by molar-refractivity contribution is 6.35. The van der Waals surface area contributed by atoms with Crippen molar-refractivity contribution in [3.63, 3.8) is 0 Å². The van der Waals surface area contributed by atoms with Gasteiger partial charge >= 0.3 is 0 Å². The molecule has 0 atom stereocenters. The van der Waals surface area contributed by atoms with E-state index in [-0.39, 0.29) is 0 Å². The number of methoxy groups -OCH3 is 2. The third kappa shape index (κ3) is 4.56. The van der Waals surface area contributed by atoms with Crippen molar-refractivity contribution < 1.29 is 9.47 Å². The van der Waals surface area contributed by atoms with E-state index >= 15 is 0 Å². The van der Waals surface area contributed by atoms with Crippen LogP contribution in [0.5, 0.6) is 11.5 Å². The maximum atomic E-state index is 6.32. The number of anilines is 1. The quantitative estimate of drug-likeness (QED) is 0.725. The highest BCUT2D eigenvalue weighted by Gasteiger charge is 2.19. The third-order valence-corrected chi connectivity index (χ3v) is 5.34. The first kappa shape index (κ1) is 19.2. The Kier molecular flexibility index (Phi) is 6.52. The maximum Gasteiger partial charge on any atom is 0.160 e. The van der Waals surface area contributed by atoms with E-state index in [0.29, 0.717) is 0 Å². The number of benzene rings is 2. The van der Waals surface area contributed by atoms with E-state index in [1.54, 1.807) is 14.2 Å². The number of ether oxygens (including phenoxy) is 2. The molecule has 0 saturated carbocycles. The molecule has 1 aliphatic rings. The van der Waals surface area contributed by atoms with Crippen LogP contribution in [0.25, 0.3) is 0 Å². The average molecular weight is 395 g/mol.